The number of carbonyl (C=O) groups excluding carboxylic acids is 1. The molecule has 3 N–H and O–H groups in total. The van der Waals surface area contributed by atoms with E-state index in [9.17, 15) is 9.59 Å². The summed E-state index contributed by atoms with van der Waals surface area (Å²) in [6.07, 6.45) is 2.49. The lowest BCUT2D eigenvalue weighted by Gasteiger charge is -2.16. The van der Waals surface area contributed by atoms with Gasteiger partial charge in [-0.3, -0.25) is 4.79 Å². The lowest BCUT2D eigenvalue weighted by molar-refractivity contribution is -0.142. The van der Waals surface area contributed by atoms with Crippen LogP contribution >= 0.6 is 0 Å². The van der Waals surface area contributed by atoms with Gasteiger partial charge in [-0.25, -0.2) is 4.79 Å². The molecule has 0 spiro atoms. The molecule has 1 fully saturated rings. The van der Waals surface area contributed by atoms with E-state index in [0.717, 1.165) is 18.5 Å². The number of nitrogens with one attached hydrogen (secondary N) is 2. The number of hydrogen-bond acceptors (Lipinski definition) is 2. The number of aliphatic carboxylic acids is 1. The molecule has 2 unspecified atom stereocenters. The molecule has 2 atom stereocenters. The second-order valence-electron chi connectivity index (χ2n) is 4.84. The first-order chi connectivity index (χ1) is 9.16. The highest BCUT2D eigenvalue weighted by Crippen LogP contribution is 2.31. The van der Waals surface area contributed by atoms with Gasteiger partial charge < -0.3 is 15.7 Å². The molecule has 0 aliphatic heterocycles. The molecule has 5 heteroatoms. The average Bonchev–Trinajstić information content (AvgIpc) is 2.86. The molecule has 0 bridgehead atoms. The highest BCUT2D eigenvalue weighted by atomic mass is 16.4. The number of carbonyl (C=O) groups is 2. The van der Waals surface area contributed by atoms with Crippen molar-refractivity contribution in [2.75, 3.05) is 11.9 Å². The zero-order valence-electron chi connectivity index (χ0n) is 10.6. The van der Waals surface area contributed by atoms with Crippen molar-refractivity contribution in [2.24, 2.45) is 11.8 Å². The van der Waals surface area contributed by atoms with Crippen LogP contribution in [0.1, 0.15) is 19.3 Å². The summed E-state index contributed by atoms with van der Waals surface area (Å²) < 4.78 is 0. The molecule has 1 aliphatic carbocycles. The van der Waals surface area contributed by atoms with Gasteiger partial charge in [-0.1, -0.05) is 24.6 Å². The Kier molecular flexibility index (Phi) is 4.39. The third-order valence-electron chi connectivity index (χ3n) is 3.53. The van der Waals surface area contributed by atoms with Crippen molar-refractivity contribution in [1.82, 2.24) is 5.32 Å². The van der Waals surface area contributed by atoms with E-state index in [1.54, 1.807) is 12.1 Å². The molecule has 0 aromatic heterocycles. The molecule has 2 amide bonds. The number of urea groups is 1. The first-order valence-electron chi connectivity index (χ1n) is 6.49. The van der Waals surface area contributed by atoms with E-state index in [4.69, 9.17) is 5.11 Å². The number of carboxylic acid groups (broad SMARTS) is 1. The Balaban J connectivity index is 1.79. The summed E-state index contributed by atoms with van der Waals surface area (Å²) >= 11 is 0. The maximum Gasteiger partial charge on any atom is 0.319 e. The summed E-state index contributed by atoms with van der Waals surface area (Å²) in [6.45, 7) is 0.412. The monoisotopic (exact) mass is 262 g/mol. The van der Waals surface area contributed by atoms with Crippen LogP contribution < -0.4 is 10.6 Å². The fourth-order valence-electron chi connectivity index (χ4n) is 2.53. The molecule has 1 aromatic rings. The molecule has 0 heterocycles. The van der Waals surface area contributed by atoms with Crippen LogP contribution in [0.15, 0.2) is 30.3 Å². The van der Waals surface area contributed by atoms with Crippen molar-refractivity contribution in [2.45, 2.75) is 19.3 Å². The summed E-state index contributed by atoms with van der Waals surface area (Å²) in [5.74, 6) is -1.04. The first-order valence-corrected chi connectivity index (χ1v) is 6.49. The minimum Gasteiger partial charge on any atom is -0.481 e. The Hall–Kier alpha value is -2.04. The number of carboxylic acids is 1. The van der Waals surface area contributed by atoms with Gasteiger partial charge in [-0.05, 0) is 30.9 Å². The zero-order valence-corrected chi connectivity index (χ0v) is 10.6. The second kappa shape index (κ2) is 6.22. The van der Waals surface area contributed by atoms with E-state index in [1.165, 1.54) is 0 Å². The van der Waals surface area contributed by atoms with E-state index in [0.29, 0.717) is 13.0 Å². The third-order valence-corrected chi connectivity index (χ3v) is 3.53. The van der Waals surface area contributed by atoms with Crippen LogP contribution in [0.3, 0.4) is 0 Å². The van der Waals surface area contributed by atoms with E-state index in [2.05, 4.69) is 10.6 Å². The topological polar surface area (TPSA) is 78.4 Å². The van der Waals surface area contributed by atoms with Crippen LogP contribution in [0.25, 0.3) is 0 Å². The summed E-state index contributed by atoms with van der Waals surface area (Å²) in [4.78, 5) is 22.7. The van der Waals surface area contributed by atoms with E-state index >= 15 is 0 Å². The Labute approximate surface area is 112 Å². The Morgan fingerprint density at radius 2 is 1.95 bits per heavy atom. The SMILES string of the molecule is O=C(NCC1CCCC1C(=O)O)Nc1ccccc1. The quantitative estimate of drug-likeness (QED) is 0.779. The van der Waals surface area contributed by atoms with Crippen molar-refractivity contribution in [3.05, 3.63) is 30.3 Å². The number of hydrogen-bond donors (Lipinski definition) is 3. The Morgan fingerprint density at radius 1 is 1.21 bits per heavy atom. The van der Waals surface area contributed by atoms with E-state index in [-0.39, 0.29) is 17.9 Å². The minimum atomic E-state index is -0.757. The van der Waals surface area contributed by atoms with Crippen LogP contribution in [0.5, 0.6) is 0 Å². The zero-order chi connectivity index (χ0) is 13.7. The van der Waals surface area contributed by atoms with Gasteiger partial charge in [-0.2, -0.15) is 0 Å². The molecule has 0 radical (unpaired) electrons. The largest absolute Gasteiger partial charge is 0.481 e. The third kappa shape index (κ3) is 3.71. The van der Waals surface area contributed by atoms with Crippen LogP contribution in [-0.4, -0.2) is 23.7 Å². The maximum absolute atomic E-state index is 11.7. The average molecular weight is 262 g/mol. The molecule has 1 aliphatic rings. The first kappa shape index (κ1) is 13.4. The van der Waals surface area contributed by atoms with Gasteiger partial charge in [0.15, 0.2) is 0 Å². The highest BCUT2D eigenvalue weighted by Gasteiger charge is 2.32. The van der Waals surface area contributed by atoms with Crippen molar-refractivity contribution < 1.29 is 14.7 Å². The van der Waals surface area contributed by atoms with Gasteiger partial charge in [0, 0.05) is 12.2 Å². The van der Waals surface area contributed by atoms with Crippen molar-refractivity contribution in [1.29, 1.82) is 0 Å². The lowest BCUT2D eigenvalue weighted by atomic mass is 9.96. The van der Waals surface area contributed by atoms with Gasteiger partial charge in [0.25, 0.3) is 0 Å². The summed E-state index contributed by atoms with van der Waals surface area (Å²) in [5.41, 5.74) is 0.723. The number of benzene rings is 1. The van der Waals surface area contributed by atoms with Crippen LogP contribution in [0.4, 0.5) is 10.5 Å². The van der Waals surface area contributed by atoms with Crippen LogP contribution in [-0.2, 0) is 4.79 Å². The summed E-state index contributed by atoms with van der Waals surface area (Å²) in [7, 11) is 0. The molecule has 5 nitrogen and oxygen atoms in total. The fraction of sp³-hybridized carbons (Fsp3) is 0.429. The number of amides is 2. The highest BCUT2D eigenvalue weighted by molar-refractivity contribution is 5.89. The summed E-state index contributed by atoms with van der Waals surface area (Å²) in [6, 6.07) is 8.87. The second-order valence-corrected chi connectivity index (χ2v) is 4.84. The predicted molar refractivity (Wildman–Crippen MR) is 71.9 cm³/mol. The molecule has 0 saturated heterocycles. The van der Waals surface area contributed by atoms with Gasteiger partial charge >= 0.3 is 12.0 Å². The van der Waals surface area contributed by atoms with E-state index in [1.807, 2.05) is 18.2 Å². The molecule has 2 rings (SSSR count). The number of anilines is 1. The number of rotatable bonds is 4. The standard InChI is InChI=1S/C14H18N2O3/c17-13(18)12-8-4-5-10(12)9-15-14(19)16-11-6-2-1-3-7-11/h1-3,6-7,10,12H,4-5,8-9H2,(H,17,18)(H2,15,16,19). The molecule has 19 heavy (non-hydrogen) atoms. The van der Waals surface area contributed by atoms with Crippen molar-refractivity contribution in [3.8, 4) is 0 Å². The fourth-order valence-corrected chi connectivity index (χ4v) is 2.53. The van der Waals surface area contributed by atoms with Crippen molar-refractivity contribution >= 4 is 17.7 Å². The Morgan fingerprint density at radius 3 is 2.63 bits per heavy atom. The Bertz CT molecular complexity index is 447. The van der Waals surface area contributed by atoms with Gasteiger partial charge in [0.2, 0.25) is 0 Å². The molecular formula is C14H18N2O3. The maximum atomic E-state index is 11.7. The molecule has 1 saturated carbocycles. The van der Waals surface area contributed by atoms with Gasteiger partial charge in [0.1, 0.15) is 0 Å². The van der Waals surface area contributed by atoms with Gasteiger partial charge in [-0.15, -0.1) is 0 Å². The molecular weight excluding hydrogens is 244 g/mol. The summed E-state index contributed by atoms with van der Waals surface area (Å²) in [5, 5.41) is 14.5. The van der Waals surface area contributed by atoms with Crippen LogP contribution in [0.2, 0.25) is 0 Å². The van der Waals surface area contributed by atoms with Gasteiger partial charge in [0.05, 0.1) is 5.92 Å². The normalized spacial score (nSPS) is 21.9. The number of para-hydroxylation sites is 1. The lowest BCUT2D eigenvalue weighted by Crippen LogP contribution is -2.35. The smallest absolute Gasteiger partial charge is 0.319 e. The van der Waals surface area contributed by atoms with Crippen LogP contribution in [0, 0.1) is 11.8 Å². The predicted octanol–water partition coefficient (Wildman–Crippen LogP) is 2.31. The molecule has 102 valence electrons. The minimum absolute atomic E-state index is 0.0408. The molecule has 1 aromatic carbocycles. The van der Waals surface area contributed by atoms with Crippen molar-refractivity contribution in [3.63, 3.8) is 0 Å². The van der Waals surface area contributed by atoms with E-state index < -0.39 is 5.97 Å².